The van der Waals surface area contributed by atoms with E-state index in [4.69, 9.17) is 83.5 Å². The number of amides is 7. The summed E-state index contributed by atoms with van der Waals surface area (Å²) in [5.41, 5.74) is 16.0. The van der Waals surface area contributed by atoms with Crippen molar-refractivity contribution in [1.82, 2.24) is 16.0 Å². The minimum Gasteiger partial charge on any atom is -0.496 e. The number of allylic oxidation sites excluding steroid dienone is 1. The van der Waals surface area contributed by atoms with E-state index in [0.29, 0.717) is 155 Å². The Morgan fingerprint density at radius 2 is 0.667 bits per heavy atom. The summed E-state index contributed by atoms with van der Waals surface area (Å²) in [6, 6.07) is 59.6. The first kappa shape index (κ1) is 129. The van der Waals surface area contributed by atoms with Crippen molar-refractivity contribution >= 4 is 150 Å². The van der Waals surface area contributed by atoms with Crippen LogP contribution in [-0.4, -0.2) is 173 Å². The van der Waals surface area contributed by atoms with Crippen LogP contribution in [0.15, 0.2) is 194 Å². The van der Waals surface area contributed by atoms with Crippen molar-refractivity contribution in [2.75, 3.05) is 135 Å². The predicted molar refractivity (Wildman–Crippen MR) is 594 cm³/mol. The summed E-state index contributed by atoms with van der Waals surface area (Å²) in [5.74, 6) is 24.3. The number of methoxy groups -OCH3 is 9. The molecule has 9 rings (SSSR count). The van der Waals surface area contributed by atoms with Crippen LogP contribution < -0.4 is 113 Å². The summed E-state index contributed by atoms with van der Waals surface area (Å²) >= 11 is 4.45. The van der Waals surface area contributed by atoms with Crippen LogP contribution in [0.4, 0.5) is 56.9 Å². The molecule has 9 aromatic carbocycles. The molecule has 9 aromatic rings. The number of alkyl halides is 3. The number of hydrogen-bond donors (Lipinski definition) is 11. The molecule has 0 saturated heterocycles. The smallest absolute Gasteiger partial charge is 0.446 e. The normalized spacial score (nSPS) is 10.1. The number of halogens is 5. The average molecular weight is 2310 g/mol. The number of quaternary nitrogens is 1. The Hall–Kier alpha value is -15.6. The van der Waals surface area contributed by atoms with Gasteiger partial charge < -0.3 is 111 Å². The number of nitrogens with one attached hydrogen (secondary N) is 8. The molecule has 0 unspecified atom stereocenters. The van der Waals surface area contributed by atoms with Gasteiger partial charge in [0.25, 0.3) is 0 Å². The van der Waals surface area contributed by atoms with Crippen molar-refractivity contribution in [2.24, 2.45) is 0 Å². The monoisotopic (exact) mass is 2310 g/mol. The fourth-order valence-electron chi connectivity index (χ4n) is 12.8. The van der Waals surface area contributed by atoms with Crippen molar-refractivity contribution in [1.29, 1.82) is 15.8 Å². The van der Waals surface area contributed by atoms with Gasteiger partial charge in [0, 0.05) is 182 Å². The highest BCUT2D eigenvalue weighted by molar-refractivity contribution is 14.1. The highest BCUT2D eigenvalue weighted by Gasteiger charge is 2.58. The number of carbonyl (C=O) groups is 8. The molecule has 0 aromatic heterocycles. The summed E-state index contributed by atoms with van der Waals surface area (Å²) in [6.07, 6.45) is -0.229. The number of carbonyl (C=O) groups excluding carboxylic acids is 8. The third kappa shape index (κ3) is 51.1. The molecule has 0 saturated carbocycles. The van der Waals surface area contributed by atoms with Crippen molar-refractivity contribution < 1.29 is 114 Å². The lowest BCUT2D eigenvalue weighted by Gasteiger charge is -2.34. The number of rotatable bonds is 38. The van der Waals surface area contributed by atoms with Gasteiger partial charge in [0.05, 0.1) is 70.5 Å². The molecule has 0 bridgehead atoms. The van der Waals surface area contributed by atoms with Gasteiger partial charge in [-0.15, -0.1) is 0 Å². The van der Waals surface area contributed by atoms with Gasteiger partial charge >= 0.3 is 18.4 Å². The van der Waals surface area contributed by atoms with Crippen molar-refractivity contribution in [2.45, 2.75) is 136 Å². The second kappa shape index (κ2) is 70.3. The molecule has 796 valence electrons. The number of hydrogen-bond acceptors (Lipinski definition) is 25. The van der Waals surface area contributed by atoms with Gasteiger partial charge in [-0.1, -0.05) is 49.5 Å². The lowest BCUT2D eigenvalue weighted by Crippen LogP contribution is -2.50. The Balaban J connectivity index is 0.000000511. The van der Waals surface area contributed by atoms with Gasteiger partial charge in [0.15, 0.2) is 68.6 Å². The third-order valence-electron chi connectivity index (χ3n) is 19.4. The van der Waals surface area contributed by atoms with Gasteiger partial charge in [-0.25, -0.2) is 9.59 Å². The number of alkyl carbamates (subject to hydrolysis) is 2. The zero-order chi connectivity index (χ0) is 112. The molecule has 0 heterocycles. The zero-order valence-electron chi connectivity index (χ0n) is 86.8. The maximum Gasteiger partial charge on any atom is 0.446 e. The summed E-state index contributed by atoms with van der Waals surface area (Å²) in [7, 11) is 10.8. The Bertz CT molecular complexity index is 5920. The van der Waals surface area contributed by atoms with E-state index in [-0.39, 0.29) is 48.7 Å². The maximum atomic E-state index is 12.9. The number of aldehydes is 1. The highest BCUT2D eigenvalue weighted by atomic mass is 127. The van der Waals surface area contributed by atoms with Crippen LogP contribution in [-0.2, 0) is 38.2 Å². The Morgan fingerprint density at radius 1 is 0.413 bits per heavy atom. The number of aliphatic hydroxyl groups excluding tert-OH is 1. The van der Waals surface area contributed by atoms with Gasteiger partial charge in [-0.2, -0.15) is 29.0 Å². The number of aliphatic hydroxyl groups is 1. The van der Waals surface area contributed by atoms with Crippen LogP contribution in [0.1, 0.15) is 141 Å². The standard InChI is InChI=1S/C43H48N3O10P.C18H24N2O4.C15H21IN2O3.C14H14N2O.C13H13N3O.C6H6IN.C2HF3O/c1-28(45-20-12-14-40(47)46-30-17-15-29(16-18-30)13-11-19-44)27-57(41-34(51-5)21-31(48-2)22-35(41)52-6,42-36(53-7)23-32(49-3)24-37(42)54-8)43-38(55-9)25-33(50-4)26-39(43)56-10;1-18(2,3)24-17(23)19-12-4-7-16(22)20-15-10-8-14(9-11-15)6-5-13-21;1-15(2,3)21-14(20)17-10-4-5-13(19)18-12-8-6-11(16)7-9-12;1-2-3-6-14(17)16-13-9-7-12(8-10-13)5-4-11-15;14-9-1-3-11-5-7-12(8-6-11)16-13(17)4-2-10-15;7-5-1-3-6(8)4-2-5;3-2(4,5)1-6/h15-18,21-26,45H,1,12,14,20,27H2,2-10H3;8-11,21H,4,7,12-13H2,1-3H3,(H,19,23)(H,20,22);6-9H,4-5,10H2,1-3H3,(H,17,20)(H,18,19);7-10H,2-3,6H2,1H3,(H,16,17);5-8H,2,4,10,15H2,(H,16,17);1-4H,8H2;1H/p+2. The first-order chi connectivity index (χ1) is 71.5. The summed E-state index contributed by atoms with van der Waals surface area (Å²) < 4.78 is 97.9. The van der Waals surface area contributed by atoms with E-state index in [1.54, 1.807) is 257 Å². The van der Waals surface area contributed by atoms with Crippen LogP contribution in [0, 0.1) is 88.5 Å². The number of nitrogens with two attached hydrogens (primary N) is 1. The number of nitrogens with zero attached hydrogens (tertiary/aromatic N) is 3. The van der Waals surface area contributed by atoms with E-state index in [1.807, 2.05) is 48.5 Å². The molecule has 0 radical (unpaired) electrons. The van der Waals surface area contributed by atoms with Gasteiger partial charge in [-0.05, 0) is 258 Å². The molecule has 33 nitrogen and oxygen atoms in total. The molecule has 0 atom stereocenters. The van der Waals surface area contributed by atoms with E-state index < -0.39 is 43.1 Å². The molecular weight excluding hydrogens is 2180 g/mol. The lowest BCUT2D eigenvalue weighted by atomic mass is 10.2. The van der Waals surface area contributed by atoms with Crippen LogP contribution in [0.25, 0.3) is 0 Å². The quantitative estimate of drug-likeness (QED) is 0.00427. The van der Waals surface area contributed by atoms with Gasteiger partial charge in [-0.3, -0.25) is 28.8 Å². The SMILES string of the molecule is C=C(C[P+](c1c(OC)cc(OC)cc1OC)(c1c(OC)cc(OC)cc1OC)c1c(OC)cc(OC)cc1OC)NCCCC(=O)Nc1ccc(C#CC#N)cc1.CC(C)(C)OC(=O)NCCCC(=O)Nc1ccc(C#CCO)cc1.CC(C)(C)OC(=O)NCCCC(=O)Nc1ccc(I)cc1.CCCCC(=O)Nc1ccc(C#CC#N)cc1.N#CC#Cc1ccc(NC(=O)CCC[NH3+])cc1.Nc1ccc(I)cc1.O=CC(F)(F)F. The minimum absolute atomic E-state index is 0.00971. The van der Waals surface area contributed by atoms with Crippen molar-refractivity contribution in [3.8, 4) is 117 Å². The van der Waals surface area contributed by atoms with Crippen LogP contribution in [0.5, 0.6) is 51.7 Å². The molecule has 39 heteroatoms. The Kier molecular flexibility index (Phi) is 60.2. The Morgan fingerprint density at radius 3 is 0.900 bits per heavy atom. The van der Waals surface area contributed by atoms with E-state index in [9.17, 15) is 46.7 Å². The molecular formula is C111H129F3I2N13O20P+2. The van der Waals surface area contributed by atoms with E-state index >= 15 is 0 Å². The van der Waals surface area contributed by atoms with Crippen molar-refractivity contribution in [3.05, 3.63) is 224 Å². The zero-order valence-corrected chi connectivity index (χ0v) is 92.0. The molecule has 7 amide bonds. The minimum atomic E-state index is -4.64. The number of benzene rings is 9. The fourth-order valence-corrected chi connectivity index (χ4v) is 18.5. The number of anilines is 6. The molecule has 14 N–H and O–H groups in total. The molecule has 0 spiro atoms. The number of unbranched alkanes of at least 4 members (excludes halogenated alkanes) is 1. The van der Waals surface area contributed by atoms with Crippen LogP contribution in [0.3, 0.4) is 0 Å². The summed E-state index contributed by atoms with van der Waals surface area (Å²) in [6.45, 7) is 19.2. The molecule has 0 aliphatic heterocycles. The lowest BCUT2D eigenvalue weighted by molar-refractivity contribution is -0.368. The molecule has 0 fully saturated rings. The molecule has 0 aliphatic carbocycles. The fraction of sp³-hybridized carbons (Fsp3) is 0.324. The molecule has 0 aliphatic rings. The number of ether oxygens (including phenoxy) is 11. The largest absolute Gasteiger partial charge is 0.496 e. The maximum absolute atomic E-state index is 12.9. The van der Waals surface area contributed by atoms with E-state index in [1.165, 1.54) is 3.57 Å². The van der Waals surface area contributed by atoms with Crippen LogP contribution >= 0.6 is 52.4 Å². The number of nitriles is 3. The van der Waals surface area contributed by atoms with E-state index in [2.05, 4.69) is 154 Å². The Labute approximate surface area is 903 Å². The van der Waals surface area contributed by atoms with Gasteiger partial charge in [0.2, 0.25) is 35.8 Å². The van der Waals surface area contributed by atoms with E-state index in [0.717, 1.165) is 68.8 Å². The highest BCUT2D eigenvalue weighted by Crippen LogP contribution is 2.67. The average Bonchev–Trinajstić information content (AvgIpc) is 0.704. The van der Waals surface area contributed by atoms with Crippen molar-refractivity contribution in [3.63, 3.8) is 0 Å². The topological polar surface area (TPSA) is 480 Å². The molecule has 150 heavy (non-hydrogen) atoms. The second-order valence-electron chi connectivity index (χ2n) is 33.2. The first-order valence-electron chi connectivity index (χ1n) is 46.5. The predicted octanol–water partition coefficient (Wildman–Crippen LogP) is 17.1. The van der Waals surface area contributed by atoms with Crippen LogP contribution in [0.2, 0.25) is 0 Å². The third-order valence-corrected chi connectivity index (χ3v) is 25.3. The summed E-state index contributed by atoms with van der Waals surface area (Å²) in [5, 5.41) is 58.7. The van der Waals surface area contributed by atoms with Gasteiger partial charge in [0.1, 0.15) is 48.5 Å². The number of nitrogen functional groups attached to an aromatic ring is 1. The first-order valence-corrected chi connectivity index (χ1v) is 50.6. The summed E-state index contributed by atoms with van der Waals surface area (Å²) in [4.78, 5) is 90.9. The second-order valence-corrected chi connectivity index (χ2v) is 39.0.